The van der Waals surface area contributed by atoms with E-state index < -0.39 is 28.4 Å². The molecule has 1 atom stereocenters. The summed E-state index contributed by atoms with van der Waals surface area (Å²) in [6.45, 7) is 3.47. The van der Waals surface area contributed by atoms with Gasteiger partial charge in [-0.05, 0) is 25.8 Å². The van der Waals surface area contributed by atoms with Gasteiger partial charge in [0, 0.05) is 25.6 Å². The van der Waals surface area contributed by atoms with Gasteiger partial charge in [0.05, 0.1) is 5.75 Å². The molecule has 1 aliphatic rings. The molecule has 1 unspecified atom stereocenters. The molecule has 0 spiro atoms. The van der Waals surface area contributed by atoms with Crippen molar-refractivity contribution in [2.75, 3.05) is 25.4 Å². The summed E-state index contributed by atoms with van der Waals surface area (Å²) in [6, 6.07) is 0.108. The van der Waals surface area contributed by atoms with Gasteiger partial charge in [0.1, 0.15) is 0 Å². The number of hydrogen-bond acceptors (Lipinski definition) is 3. The molecule has 0 bridgehead atoms. The fourth-order valence-corrected chi connectivity index (χ4v) is 3.82. The van der Waals surface area contributed by atoms with Gasteiger partial charge in [-0.25, -0.2) is 12.7 Å². The SMILES string of the molecule is CCNC1CCCN(S(=O)(=O)CCCC(F)(F)F)C1. The number of likely N-dealkylation sites (N-methyl/N-ethyl adjacent to an activating group) is 1. The zero-order chi connectivity index (χ0) is 14.5. The molecule has 0 amide bonds. The molecule has 0 aromatic heterocycles. The summed E-state index contributed by atoms with van der Waals surface area (Å²) in [5, 5.41) is 3.18. The van der Waals surface area contributed by atoms with Crippen molar-refractivity contribution in [3.05, 3.63) is 0 Å². The minimum atomic E-state index is -4.29. The summed E-state index contributed by atoms with van der Waals surface area (Å²) in [4.78, 5) is 0. The second-order valence-electron chi connectivity index (χ2n) is 4.79. The minimum Gasteiger partial charge on any atom is -0.313 e. The molecule has 1 rings (SSSR count). The number of sulfonamides is 1. The van der Waals surface area contributed by atoms with Gasteiger partial charge in [-0.1, -0.05) is 6.92 Å². The summed E-state index contributed by atoms with van der Waals surface area (Å²) >= 11 is 0. The molecule has 0 saturated carbocycles. The van der Waals surface area contributed by atoms with Crippen LogP contribution in [0.15, 0.2) is 0 Å². The Bertz CT molecular complexity index is 369. The average Bonchev–Trinajstić information content (AvgIpc) is 2.28. The Morgan fingerprint density at radius 3 is 2.63 bits per heavy atom. The van der Waals surface area contributed by atoms with Crippen molar-refractivity contribution in [3.8, 4) is 0 Å². The number of hydrogen-bond donors (Lipinski definition) is 1. The molecule has 4 nitrogen and oxygen atoms in total. The Morgan fingerprint density at radius 1 is 1.37 bits per heavy atom. The molecule has 1 saturated heterocycles. The lowest BCUT2D eigenvalue weighted by Gasteiger charge is -2.32. The van der Waals surface area contributed by atoms with Gasteiger partial charge in [0.25, 0.3) is 0 Å². The third-order valence-corrected chi connectivity index (χ3v) is 5.06. The largest absolute Gasteiger partial charge is 0.389 e. The van der Waals surface area contributed by atoms with Crippen molar-refractivity contribution in [3.63, 3.8) is 0 Å². The molecule has 0 aromatic rings. The van der Waals surface area contributed by atoms with Crippen LogP contribution in [-0.2, 0) is 10.0 Å². The monoisotopic (exact) mass is 302 g/mol. The first kappa shape index (κ1) is 16.7. The van der Waals surface area contributed by atoms with Crippen molar-refractivity contribution in [2.24, 2.45) is 0 Å². The van der Waals surface area contributed by atoms with Crippen molar-refractivity contribution in [2.45, 2.75) is 44.8 Å². The summed E-state index contributed by atoms with van der Waals surface area (Å²) in [7, 11) is -3.56. The summed E-state index contributed by atoms with van der Waals surface area (Å²) < 4.78 is 61.3. The van der Waals surface area contributed by atoms with E-state index in [1.54, 1.807) is 0 Å². The van der Waals surface area contributed by atoms with Crippen LogP contribution in [-0.4, -0.2) is 50.3 Å². The lowest BCUT2D eigenvalue weighted by atomic mass is 10.1. The highest BCUT2D eigenvalue weighted by Crippen LogP contribution is 2.22. The van der Waals surface area contributed by atoms with Crippen LogP contribution < -0.4 is 5.32 Å². The van der Waals surface area contributed by atoms with Gasteiger partial charge in [-0.15, -0.1) is 0 Å². The smallest absolute Gasteiger partial charge is 0.313 e. The highest BCUT2D eigenvalue weighted by Gasteiger charge is 2.31. The zero-order valence-electron chi connectivity index (χ0n) is 11.0. The molecule has 1 aliphatic heterocycles. The normalized spacial score (nSPS) is 22.6. The standard InChI is InChI=1S/C11H21F3N2O2S/c1-2-15-10-5-3-7-16(9-10)19(17,18)8-4-6-11(12,13)14/h10,15H,2-9H2,1H3. The molecule has 8 heteroatoms. The predicted molar refractivity (Wildman–Crippen MR) is 67.3 cm³/mol. The van der Waals surface area contributed by atoms with Crippen LogP contribution >= 0.6 is 0 Å². The van der Waals surface area contributed by atoms with Crippen LogP contribution in [0.25, 0.3) is 0 Å². The van der Waals surface area contributed by atoms with E-state index in [1.165, 1.54) is 4.31 Å². The second kappa shape index (κ2) is 6.90. The van der Waals surface area contributed by atoms with E-state index in [2.05, 4.69) is 5.32 Å². The Kier molecular flexibility index (Phi) is 6.07. The second-order valence-corrected chi connectivity index (χ2v) is 6.88. The van der Waals surface area contributed by atoms with Crippen molar-refractivity contribution in [1.82, 2.24) is 9.62 Å². The topological polar surface area (TPSA) is 49.4 Å². The van der Waals surface area contributed by atoms with Crippen molar-refractivity contribution < 1.29 is 21.6 Å². The lowest BCUT2D eigenvalue weighted by Crippen LogP contribution is -2.48. The van der Waals surface area contributed by atoms with Crippen molar-refractivity contribution in [1.29, 1.82) is 0 Å². The first-order valence-corrected chi connectivity index (χ1v) is 8.13. The maximum Gasteiger partial charge on any atom is 0.389 e. The number of piperidine rings is 1. The van der Waals surface area contributed by atoms with E-state index in [4.69, 9.17) is 0 Å². The first-order chi connectivity index (χ1) is 8.74. The molecular formula is C11H21F3N2O2S. The molecular weight excluding hydrogens is 281 g/mol. The van der Waals surface area contributed by atoms with Crippen LogP contribution in [0.1, 0.15) is 32.6 Å². The predicted octanol–water partition coefficient (Wildman–Crippen LogP) is 1.73. The number of alkyl halides is 3. The van der Waals surface area contributed by atoms with Crippen molar-refractivity contribution >= 4 is 10.0 Å². The summed E-state index contributed by atoms with van der Waals surface area (Å²) in [6.07, 6.45) is -4.05. The average molecular weight is 302 g/mol. The highest BCUT2D eigenvalue weighted by atomic mass is 32.2. The van der Waals surface area contributed by atoms with E-state index in [-0.39, 0.29) is 12.5 Å². The van der Waals surface area contributed by atoms with E-state index in [9.17, 15) is 21.6 Å². The highest BCUT2D eigenvalue weighted by molar-refractivity contribution is 7.89. The molecule has 19 heavy (non-hydrogen) atoms. The minimum absolute atomic E-state index is 0.108. The maximum absolute atomic E-state index is 12.0. The molecule has 0 radical (unpaired) electrons. The third-order valence-electron chi connectivity index (χ3n) is 3.13. The Morgan fingerprint density at radius 2 is 2.05 bits per heavy atom. The molecule has 0 aromatic carbocycles. The number of rotatable bonds is 6. The molecule has 1 N–H and O–H groups in total. The number of halogens is 3. The fraction of sp³-hybridized carbons (Fsp3) is 1.00. The van der Waals surface area contributed by atoms with Crippen LogP contribution in [0.2, 0.25) is 0 Å². The Hall–Kier alpha value is -0.340. The number of nitrogens with zero attached hydrogens (tertiary/aromatic N) is 1. The molecule has 1 heterocycles. The quantitative estimate of drug-likeness (QED) is 0.813. The summed E-state index contributed by atoms with van der Waals surface area (Å²) in [5.41, 5.74) is 0. The van der Waals surface area contributed by atoms with Gasteiger partial charge < -0.3 is 5.32 Å². The van der Waals surface area contributed by atoms with Crippen LogP contribution in [0, 0.1) is 0 Å². The van der Waals surface area contributed by atoms with Crippen LogP contribution in [0.3, 0.4) is 0 Å². The fourth-order valence-electron chi connectivity index (χ4n) is 2.23. The van der Waals surface area contributed by atoms with Crippen LogP contribution in [0.4, 0.5) is 13.2 Å². The Balaban J connectivity index is 2.47. The molecule has 114 valence electrons. The van der Waals surface area contributed by atoms with E-state index in [0.29, 0.717) is 13.1 Å². The lowest BCUT2D eigenvalue weighted by molar-refractivity contribution is -0.134. The summed E-state index contributed by atoms with van der Waals surface area (Å²) in [5.74, 6) is -0.425. The third kappa shape index (κ3) is 6.09. The first-order valence-electron chi connectivity index (χ1n) is 6.52. The molecule has 1 fully saturated rings. The number of nitrogens with one attached hydrogen (secondary N) is 1. The van der Waals surface area contributed by atoms with E-state index in [0.717, 1.165) is 19.4 Å². The van der Waals surface area contributed by atoms with Crippen LogP contribution in [0.5, 0.6) is 0 Å². The molecule has 0 aliphatic carbocycles. The van der Waals surface area contributed by atoms with Gasteiger partial charge in [0.15, 0.2) is 0 Å². The Labute approximate surface area is 112 Å². The van der Waals surface area contributed by atoms with E-state index >= 15 is 0 Å². The van der Waals surface area contributed by atoms with Gasteiger partial charge in [-0.2, -0.15) is 13.2 Å². The van der Waals surface area contributed by atoms with Gasteiger partial charge in [-0.3, -0.25) is 0 Å². The maximum atomic E-state index is 12.0. The van der Waals surface area contributed by atoms with Gasteiger partial charge >= 0.3 is 6.18 Å². The zero-order valence-corrected chi connectivity index (χ0v) is 11.9. The van der Waals surface area contributed by atoms with E-state index in [1.807, 2.05) is 6.92 Å². The van der Waals surface area contributed by atoms with Gasteiger partial charge in [0.2, 0.25) is 10.0 Å².